The Morgan fingerprint density at radius 2 is 2.25 bits per heavy atom. The summed E-state index contributed by atoms with van der Waals surface area (Å²) in [5.41, 5.74) is 0. The molecule has 7 heteroatoms. The van der Waals surface area contributed by atoms with Crippen LogP contribution in [0.5, 0.6) is 0 Å². The van der Waals surface area contributed by atoms with Gasteiger partial charge in [0.25, 0.3) is 0 Å². The van der Waals surface area contributed by atoms with Gasteiger partial charge in [0, 0.05) is 25.5 Å². The van der Waals surface area contributed by atoms with Gasteiger partial charge < -0.3 is 9.64 Å². The molecule has 0 bridgehead atoms. The number of hydrogen-bond donors (Lipinski definition) is 0. The number of morpholine rings is 1. The van der Waals surface area contributed by atoms with E-state index in [-0.39, 0.29) is 12.0 Å². The lowest BCUT2D eigenvalue weighted by Crippen LogP contribution is -2.47. The number of halogens is 1. The number of carbonyl (C=O) groups is 1. The van der Waals surface area contributed by atoms with E-state index >= 15 is 0 Å². The van der Waals surface area contributed by atoms with Crippen LogP contribution in [0.4, 0.5) is 0 Å². The van der Waals surface area contributed by atoms with Gasteiger partial charge in [0.2, 0.25) is 5.91 Å². The standard InChI is InChI=1S/C13H19BrN4O2/c1-10-7-18(3-4-20-10)13(19)9-17(2)8-12-15-5-11(14)6-16-12/h5-6,10H,3-4,7-9H2,1-2H3. The number of hydrogen-bond acceptors (Lipinski definition) is 5. The average molecular weight is 343 g/mol. The van der Waals surface area contributed by atoms with E-state index in [4.69, 9.17) is 4.74 Å². The normalized spacial score (nSPS) is 19.4. The number of likely N-dealkylation sites (N-methyl/N-ethyl adjacent to an activating group) is 1. The van der Waals surface area contributed by atoms with E-state index in [0.717, 1.165) is 4.47 Å². The van der Waals surface area contributed by atoms with Crippen molar-refractivity contribution < 1.29 is 9.53 Å². The van der Waals surface area contributed by atoms with Gasteiger partial charge in [-0.05, 0) is 29.9 Å². The van der Waals surface area contributed by atoms with Gasteiger partial charge in [0.15, 0.2) is 0 Å². The van der Waals surface area contributed by atoms with Crippen LogP contribution in [0.25, 0.3) is 0 Å². The molecule has 1 aromatic rings. The fourth-order valence-corrected chi connectivity index (χ4v) is 2.30. The molecule has 1 aromatic heterocycles. The molecule has 1 amide bonds. The lowest BCUT2D eigenvalue weighted by atomic mass is 10.3. The maximum absolute atomic E-state index is 12.2. The Hall–Kier alpha value is -1.05. The third-order valence-corrected chi connectivity index (χ3v) is 3.49. The Morgan fingerprint density at radius 1 is 1.55 bits per heavy atom. The minimum Gasteiger partial charge on any atom is -0.375 e. The fourth-order valence-electron chi connectivity index (χ4n) is 2.09. The summed E-state index contributed by atoms with van der Waals surface area (Å²) in [7, 11) is 1.90. The smallest absolute Gasteiger partial charge is 0.236 e. The van der Waals surface area contributed by atoms with E-state index in [9.17, 15) is 4.79 Å². The Bertz CT molecular complexity index is 454. The quantitative estimate of drug-likeness (QED) is 0.814. The van der Waals surface area contributed by atoms with Gasteiger partial charge in [-0.1, -0.05) is 0 Å². The minimum atomic E-state index is 0.118. The van der Waals surface area contributed by atoms with Crippen LogP contribution in [0.1, 0.15) is 12.7 Å². The second-order valence-electron chi connectivity index (χ2n) is 5.01. The molecule has 0 radical (unpaired) electrons. The van der Waals surface area contributed by atoms with Crippen LogP contribution < -0.4 is 0 Å². The Balaban J connectivity index is 1.82. The van der Waals surface area contributed by atoms with Crippen molar-refractivity contribution in [3.8, 4) is 0 Å². The van der Waals surface area contributed by atoms with Crippen LogP contribution in [0.15, 0.2) is 16.9 Å². The van der Waals surface area contributed by atoms with Gasteiger partial charge in [0.1, 0.15) is 5.82 Å². The highest BCUT2D eigenvalue weighted by Gasteiger charge is 2.22. The number of rotatable bonds is 4. The lowest BCUT2D eigenvalue weighted by molar-refractivity contribution is -0.139. The molecule has 0 spiro atoms. The van der Waals surface area contributed by atoms with Crippen LogP contribution in [0, 0.1) is 0 Å². The monoisotopic (exact) mass is 342 g/mol. The molecule has 20 heavy (non-hydrogen) atoms. The van der Waals surface area contributed by atoms with Gasteiger partial charge in [-0.25, -0.2) is 9.97 Å². The zero-order chi connectivity index (χ0) is 14.5. The molecule has 0 N–H and O–H groups in total. The molecule has 1 aliphatic rings. The first-order chi connectivity index (χ1) is 9.54. The molecule has 1 unspecified atom stereocenters. The van der Waals surface area contributed by atoms with Gasteiger partial charge in [-0.3, -0.25) is 9.69 Å². The zero-order valence-electron chi connectivity index (χ0n) is 11.8. The van der Waals surface area contributed by atoms with Crippen molar-refractivity contribution in [3.63, 3.8) is 0 Å². The zero-order valence-corrected chi connectivity index (χ0v) is 13.3. The van der Waals surface area contributed by atoms with Gasteiger partial charge in [0.05, 0.1) is 30.3 Å². The van der Waals surface area contributed by atoms with E-state index in [1.807, 2.05) is 23.8 Å². The second kappa shape index (κ2) is 7.10. The molecule has 1 saturated heterocycles. The van der Waals surface area contributed by atoms with Crippen LogP contribution in [0.3, 0.4) is 0 Å². The Kier molecular flexibility index (Phi) is 5.45. The largest absolute Gasteiger partial charge is 0.375 e. The summed E-state index contributed by atoms with van der Waals surface area (Å²) in [6.45, 7) is 4.86. The first-order valence-electron chi connectivity index (χ1n) is 6.59. The fraction of sp³-hybridized carbons (Fsp3) is 0.615. The minimum absolute atomic E-state index is 0.118. The molecule has 1 fully saturated rings. The molecule has 0 aliphatic carbocycles. The molecule has 1 aliphatic heterocycles. The van der Waals surface area contributed by atoms with Crippen molar-refractivity contribution in [2.75, 3.05) is 33.3 Å². The Labute approximate surface area is 127 Å². The molecule has 2 rings (SSSR count). The topological polar surface area (TPSA) is 58.6 Å². The van der Waals surface area contributed by atoms with Crippen molar-refractivity contribution in [3.05, 3.63) is 22.7 Å². The molecule has 1 atom stereocenters. The maximum atomic E-state index is 12.2. The van der Waals surface area contributed by atoms with E-state index in [1.165, 1.54) is 0 Å². The first-order valence-corrected chi connectivity index (χ1v) is 7.38. The maximum Gasteiger partial charge on any atom is 0.236 e. The number of amides is 1. The van der Waals surface area contributed by atoms with Crippen molar-refractivity contribution in [2.24, 2.45) is 0 Å². The van der Waals surface area contributed by atoms with Crippen LogP contribution in [-0.4, -0.2) is 65.1 Å². The summed E-state index contributed by atoms with van der Waals surface area (Å²) in [4.78, 5) is 24.4. The number of aromatic nitrogens is 2. The summed E-state index contributed by atoms with van der Waals surface area (Å²) in [6.07, 6.45) is 3.54. The van der Waals surface area contributed by atoms with Crippen molar-refractivity contribution in [2.45, 2.75) is 19.6 Å². The van der Waals surface area contributed by atoms with E-state index in [2.05, 4.69) is 25.9 Å². The van der Waals surface area contributed by atoms with Gasteiger partial charge in [-0.15, -0.1) is 0 Å². The van der Waals surface area contributed by atoms with Crippen LogP contribution in [0.2, 0.25) is 0 Å². The summed E-state index contributed by atoms with van der Waals surface area (Å²) in [5, 5.41) is 0. The molecular formula is C13H19BrN4O2. The van der Waals surface area contributed by atoms with E-state index in [1.54, 1.807) is 12.4 Å². The molecule has 0 saturated carbocycles. The predicted octanol–water partition coefficient (Wildman–Crippen LogP) is 0.918. The van der Waals surface area contributed by atoms with Crippen molar-refractivity contribution in [1.82, 2.24) is 19.8 Å². The van der Waals surface area contributed by atoms with Gasteiger partial charge in [-0.2, -0.15) is 0 Å². The summed E-state index contributed by atoms with van der Waals surface area (Å²) in [5.74, 6) is 0.832. The molecule has 110 valence electrons. The number of ether oxygens (including phenoxy) is 1. The van der Waals surface area contributed by atoms with E-state index in [0.29, 0.717) is 38.6 Å². The number of nitrogens with zero attached hydrogens (tertiary/aromatic N) is 4. The second-order valence-corrected chi connectivity index (χ2v) is 5.93. The van der Waals surface area contributed by atoms with Crippen molar-refractivity contribution >= 4 is 21.8 Å². The third-order valence-electron chi connectivity index (χ3n) is 3.08. The molecule has 2 heterocycles. The molecule has 6 nitrogen and oxygen atoms in total. The van der Waals surface area contributed by atoms with Crippen molar-refractivity contribution in [1.29, 1.82) is 0 Å². The highest BCUT2D eigenvalue weighted by atomic mass is 79.9. The third kappa shape index (κ3) is 4.50. The summed E-state index contributed by atoms with van der Waals surface area (Å²) in [6, 6.07) is 0. The van der Waals surface area contributed by atoms with Gasteiger partial charge >= 0.3 is 0 Å². The highest BCUT2D eigenvalue weighted by Crippen LogP contribution is 2.07. The average Bonchev–Trinajstić information content (AvgIpc) is 2.41. The van der Waals surface area contributed by atoms with E-state index < -0.39 is 0 Å². The number of carbonyl (C=O) groups excluding carboxylic acids is 1. The van der Waals surface area contributed by atoms with Crippen LogP contribution >= 0.6 is 15.9 Å². The molecule has 0 aromatic carbocycles. The summed E-state index contributed by atoms with van der Waals surface area (Å²) < 4.78 is 6.29. The summed E-state index contributed by atoms with van der Waals surface area (Å²) >= 11 is 3.30. The van der Waals surface area contributed by atoms with Crippen LogP contribution in [-0.2, 0) is 16.1 Å². The predicted molar refractivity (Wildman–Crippen MR) is 78.1 cm³/mol. The lowest BCUT2D eigenvalue weighted by Gasteiger charge is -2.32. The SMILES string of the molecule is CC1CN(C(=O)CN(C)Cc2ncc(Br)cn2)CCO1. The Morgan fingerprint density at radius 3 is 2.90 bits per heavy atom. The molecular weight excluding hydrogens is 324 g/mol. The first kappa shape index (κ1) is 15.3. The highest BCUT2D eigenvalue weighted by molar-refractivity contribution is 9.10.